The molecule has 5 heteroatoms. The molecule has 20 heavy (non-hydrogen) atoms. The fraction of sp³-hybridized carbons (Fsp3) is 0.200. The van der Waals surface area contributed by atoms with Crippen LogP contribution in [-0.2, 0) is 4.79 Å². The summed E-state index contributed by atoms with van der Waals surface area (Å²) in [7, 11) is 0. The second-order valence-electron chi connectivity index (χ2n) is 4.46. The number of hydrogen-bond donors (Lipinski definition) is 2. The van der Waals surface area contributed by atoms with Crippen LogP contribution in [0.1, 0.15) is 24.4 Å². The minimum absolute atomic E-state index is 0.0525. The zero-order chi connectivity index (χ0) is 14.4. The van der Waals surface area contributed by atoms with Gasteiger partial charge in [-0.15, -0.1) is 0 Å². The lowest BCUT2D eigenvalue weighted by molar-refractivity contribution is -0.116. The Morgan fingerprint density at radius 2 is 2.05 bits per heavy atom. The Labute approximate surface area is 126 Å². The first-order chi connectivity index (χ1) is 9.66. The van der Waals surface area contributed by atoms with E-state index >= 15 is 0 Å². The standard InChI is InChI=1S/C15H16BrN3O/c16-12-10-18-9-8-14(12)19-15(20)7-6-13(17)11-4-2-1-3-5-11/h1-5,8-10,13H,6-7,17H2,(H,18,19,20). The van der Waals surface area contributed by atoms with Crippen LogP contribution in [0.2, 0.25) is 0 Å². The third-order valence-corrected chi connectivity index (χ3v) is 3.59. The molecule has 0 radical (unpaired) electrons. The van der Waals surface area contributed by atoms with E-state index in [2.05, 4.69) is 26.2 Å². The summed E-state index contributed by atoms with van der Waals surface area (Å²) < 4.78 is 0.765. The van der Waals surface area contributed by atoms with Crippen molar-refractivity contribution in [3.8, 4) is 0 Å². The maximum atomic E-state index is 11.9. The van der Waals surface area contributed by atoms with Crippen molar-refractivity contribution in [1.82, 2.24) is 4.98 Å². The highest BCUT2D eigenvalue weighted by Gasteiger charge is 2.10. The minimum Gasteiger partial charge on any atom is -0.325 e. The quantitative estimate of drug-likeness (QED) is 0.882. The number of benzene rings is 1. The van der Waals surface area contributed by atoms with Crippen LogP contribution in [0.4, 0.5) is 5.69 Å². The van der Waals surface area contributed by atoms with Crippen LogP contribution >= 0.6 is 15.9 Å². The first-order valence-electron chi connectivity index (χ1n) is 6.36. The molecule has 0 spiro atoms. The zero-order valence-electron chi connectivity index (χ0n) is 10.9. The van der Waals surface area contributed by atoms with Crippen molar-refractivity contribution in [1.29, 1.82) is 0 Å². The van der Waals surface area contributed by atoms with Crippen molar-refractivity contribution in [3.05, 3.63) is 58.8 Å². The number of nitrogens with zero attached hydrogens (tertiary/aromatic N) is 1. The molecule has 1 aromatic heterocycles. The third kappa shape index (κ3) is 4.15. The molecule has 3 N–H and O–H groups in total. The second kappa shape index (κ2) is 7.17. The molecule has 0 saturated carbocycles. The molecule has 1 heterocycles. The van der Waals surface area contributed by atoms with Crippen LogP contribution in [0.5, 0.6) is 0 Å². The summed E-state index contributed by atoms with van der Waals surface area (Å²) in [5.41, 5.74) is 7.83. The highest BCUT2D eigenvalue weighted by molar-refractivity contribution is 9.10. The Morgan fingerprint density at radius 1 is 1.30 bits per heavy atom. The zero-order valence-corrected chi connectivity index (χ0v) is 12.5. The van der Waals surface area contributed by atoms with Gasteiger partial charge in [0.2, 0.25) is 5.91 Å². The fourth-order valence-corrected chi connectivity index (χ4v) is 2.19. The molecule has 1 amide bonds. The second-order valence-corrected chi connectivity index (χ2v) is 5.31. The Kier molecular flexibility index (Phi) is 5.26. The van der Waals surface area contributed by atoms with Crippen LogP contribution in [0.25, 0.3) is 0 Å². The SMILES string of the molecule is NC(CCC(=O)Nc1ccncc1Br)c1ccccc1. The number of nitrogens with two attached hydrogens (primary N) is 1. The van der Waals surface area contributed by atoms with Crippen molar-refractivity contribution >= 4 is 27.5 Å². The Bertz CT molecular complexity index is 574. The summed E-state index contributed by atoms with van der Waals surface area (Å²) in [4.78, 5) is 15.8. The summed E-state index contributed by atoms with van der Waals surface area (Å²) in [6.07, 6.45) is 4.27. The fourth-order valence-electron chi connectivity index (χ4n) is 1.84. The summed E-state index contributed by atoms with van der Waals surface area (Å²) in [5, 5.41) is 2.84. The van der Waals surface area contributed by atoms with Crippen molar-refractivity contribution in [2.24, 2.45) is 5.73 Å². The summed E-state index contributed by atoms with van der Waals surface area (Å²) in [5.74, 6) is -0.0525. The molecule has 0 fully saturated rings. The highest BCUT2D eigenvalue weighted by atomic mass is 79.9. The van der Waals surface area contributed by atoms with Gasteiger partial charge < -0.3 is 11.1 Å². The van der Waals surface area contributed by atoms with E-state index in [1.807, 2.05) is 30.3 Å². The highest BCUT2D eigenvalue weighted by Crippen LogP contribution is 2.21. The molecule has 1 atom stereocenters. The van der Waals surface area contributed by atoms with Crippen LogP contribution in [0, 0.1) is 0 Å². The van der Waals surface area contributed by atoms with Crippen molar-refractivity contribution in [3.63, 3.8) is 0 Å². The minimum atomic E-state index is -0.122. The Morgan fingerprint density at radius 3 is 2.75 bits per heavy atom. The number of rotatable bonds is 5. The van der Waals surface area contributed by atoms with Gasteiger partial charge in [-0.2, -0.15) is 0 Å². The van der Waals surface area contributed by atoms with Gasteiger partial charge in [-0.1, -0.05) is 30.3 Å². The number of hydrogen-bond acceptors (Lipinski definition) is 3. The van der Waals surface area contributed by atoms with E-state index in [0.29, 0.717) is 12.8 Å². The summed E-state index contributed by atoms with van der Waals surface area (Å²) in [6.45, 7) is 0. The molecule has 2 rings (SSSR count). The molecule has 2 aromatic rings. The normalized spacial score (nSPS) is 11.9. The lowest BCUT2D eigenvalue weighted by Gasteiger charge is -2.12. The number of anilines is 1. The largest absolute Gasteiger partial charge is 0.325 e. The van der Waals surface area contributed by atoms with Gasteiger partial charge in [0.1, 0.15) is 0 Å². The number of aromatic nitrogens is 1. The number of carbonyl (C=O) groups excluding carboxylic acids is 1. The predicted octanol–water partition coefficient (Wildman–Crippen LogP) is 3.26. The molecular weight excluding hydrogens is 318 g/mol. The van der Waals surface area contributed by atoms with Gasteiger partial charge in [0, 0.05) is 24.9 Å². The molecule has 1 unspecified atom stereocenters. The Balaban J connectivity index is 1.85. The monoisotopic (exact) mass is 333 g/mol. The number of nitrogens with one attached hydrogen (secondary N) is 1. The summed E-state index contributed by atoms with van der Waals surface area (Å²) in [6, 6.07) is 11.4. The Hall–Kier alpha value is -1.72. The lowest BCUT2D eigenvalue weighted by Crippen LogP contribution is -2.16. The molecular formula is C15H16BrN3O. The maximum Gasteiger partial charge on any atom is 0.224 e. The number of pyridine rings is 1. The average molecular weight is 334 g/mol. The molecule has 104 valence electrons. The van der Waals surface area contributed by atoms with Crippen molar-refractivity contribution in [2.75, 3.05) is 5.32 Å². The van der Waals surface area contributed by atoms with Crippen LogP contribution < -0.4 is 11.1 Å². The molecule has 4 nitrogen and oxygen atoms in total. The number of carbonyl (C=O) groups is 1. The van der Waals surface area contributed by atoms with Gasteiger partial charge in [0.15, 0.2) is 0 Å². The average Bonchev–Trinajstić information content (AvgIpc) is 2.48. The third-order valence-electron chi connectivity index (χ3n) is 2.96. The summed E-state index contributed by atoms with van der Waals surface area (Å²) >= 11 is 3.34. The van der Waals surface area contributed by atoms with E-state index < -0.39 is 0 Å². The van der Waals surface area contributed by atoms with Crippen LogP contribution in [0.3, 0.4) is 0 Å². The van der Waals surface area contributed by atoms with E-state index in [1.165, 1.54) is 0 Å². The number of halogens is 1. The van der Waals surface area contributed by atoms with E-state index in [1.54, 1.807) is 18.5 Å². The van der Waals surface area contributed by atoms with Crippen molar-refractivity contribution in [2.45, 2.75) is 18.9 Å². The molecule has 0 aliphatic carbocycles. The van der Waals surface area contributed by atoms with Crippen LogP contribution in [-0.4, -0.2) is 10.9 Å². The molecule has 0 aliphatic rings. The van der Waals surface area contributed by atoms with Gasteiger partial charge in [-0.25, -0.2) is 0 Å². The molecule has 0 saturated heterocycles. The van der Waals surface area contributed by atoms with E-state index in [-0.39, 0.29) is 11.9 Å². The van der Waals surface area contributed by atoms with E-state index in [9.17, 15) is 4.79 Å². The topological polar surface area (TPSA) is 68.0 Å². The van der Waals surface area contributed by atoms with Gasteiger partial charge in [0.05, 0.1) is 10.2 Å². The predicted molar refractivity (Wildman–Crippen MR) is 83.2 cm³/mol. The first-order valence-corrected chi connectivity index (χ1v) is 7.16. The lowest BCUT2D eigenvalue weighted by atomic mass is 10.0. The maximum absolute atomic E-state index is 11.9. The van der Waals surface area contributed by atoms with Gasteiger partial charge in [0.25, 0.3) is 0 Å². The molecule has 1 aromatic carbocycles. The molecule has 0 bridgehead atoms. The number of amides is 1. The van der Waals surface area contributed by atoms with Crippen LogP contribution in [0.15, 0.2) is 53.3 Å². The van der Waals surface area contributed by atoms with Gasteiger partial charge in [-0.05, 0) is 34.0 Å². The molecule has 0 aliphatic heterocycles. The smallest absolute Gasteiger partial charge is 0.224 e. The van der Waals surface area contributed by atoms with Gasteiger partial charge in [-0.3, -0.25) is 9.78 Å². The van der Waals surface area contributed by atoms with E-state index in [4.69, 9.17) is 5.73 Å². The van der Waals surface area contributed by atoms with E-state index in [0.717, 1.165) is 15.7 Å². The first kappa shape index (κ1) is 14.7. The van der Waals surface area contributed by atoms with Gasteiger partial charge >= 0.3 is 0 Å². The van der Waals surface area contributed by atoms with Crippen molar-refractivity contribution < 1.29 is 4.79 Å².